The molecule has 3 fully saturated rings. The van der Waals surface area contributed by atoms with Crippen LogP contribution in [0.3, 0.4) is 0 Å². The van der Waals surface area contributed by atoms with Crippen molar-refractivity contribution in [1.29, 1.82) is 0 Å². The Morgan fingerprint density at radius 1 is 0.933 bits per heavy atom. The summed E-state index contributed by atoms with van der Waals surface area (Å²) in [4.78, 5) is 0. The standard InChI is InChI=1S/C11H18S4/c1-10(9-12-4-5-13-9)2-3-11(8-10)14-6-7-15-11/h9H,2-8H2,1H3/t10-/m1/s1. The van der Waals surface area contributed by atoms with Gasteiger partial charge >= 0.3 is 0 Å². The van der Waals surface area contributed by atoms with E-state index >= 15 is 0 Å². The molecule has 0 unspecified atom stereocenters. The summed E-state index contributed by atoms with van der Waals surface area (Å²) in [5.74, 6) is 5.56. The predicted molar refractivity (Wildman–Crippen MR) is 78.3 cm³/mol. The van der Waals surface area contributed by atoms with Gasteiger partial charge in [-0.1, -0.05) is 6.92 Å². The first-order valence-electron chi connectivity index (χ1n) is 5.74. The molecule has 2 aliphatic heterocycles. The van der Waals surface area contributed by atoms with Crippen molar-refractivity contribution in [2.75, 3.05) is 23.0 Å². The van der Waals surface area contributed by atoms with Gasteiger partial charge < -0.3 is 0 Å². The molecule has 0 amide bonds. The molecule has 0 aromatic carbocycles. The molecule has 2 heterocycles. The lowest BCUT2D eigenvalue weighted by Crippen LogP contribution is -2.25. The van der Waals surface area contributed by atoms with Crippen molar-refractivity contribution < 1.29 is 0 Å². The molecular weight excluding hydrogens is 260 g/mol. The fourth-order valence-electron chi connectivity index (χ4n) is 2.97. The molecule has 2 saturated heterocycles. The van der Waals surface area contributed by atoms with Crippen LogP contribution in [0.1, 0.15) is 26.2 Å². The molecular formula is C11H18S4. The van der Waals surface area contributed by atoms with Gasteiger partial charge in [0.15, 0.2) is 0 Å². The van der Waals surface area contributed by atoms with E-state index in [1.807, 2.05) is 0 Å². The third-order valence-electron chi connectivity index (χ3n) is 3.75. The average molecular weight is 279 g/mol. The molecule has 0 N–H and O–H groups in total. The van der Waals surface area contributed by atoms with Gasteiger partial charge in [-0.05, 0) is 24.7 Å². The van der Waals surface area contributed by atoms with Gasteiger partial charge in [-0.3, -0.25) is 0 Å². The SMILES string of the molecule is C[C@@]1(C2SCCS2)CCC2(C1)SCCS2. The lowest BCUT2D eigenvalue weighted by molar-refractivity contribution is 0.375. The number of rotatable bonds is 1. The van der Waals surface area contributed by atoms with Gasteiger partial charge in [0.1, 0.15) is 0 Å². The van der Waals surface area contributed by atoms with E-state index in [2.05, 4.69) is 54.0 Å². The molecule has 0 aromatic heterocycles. The number of thioether (sulfide) groups is 4. The van der Waals surface area contributed by atoms with E-state index < -0.39 is 0 Å². The zero-order valence-electron chi connectivity index (χ0n) is 9.16. The third-order valence-corrected chi connectivity index (χ3v) is 11.0. The molecule has 3 aliphatic rings. The molecule has 1 aliphatic carbocycles. The first-order chi connectivity index (χ1) is 7.23. The Balaban J connectivity index is 1.72. The molecule has 0 nitrogen and oxygen atoms in total. The maximum absolute atomic E-state index is 2.55. The smallest absolute Gasteiger partial charge is 0.0617 e. The molecule has 3 rings (SSSR count). The van der Waals surface area contributed by atoms with E-state index in [4.69, 9.17) is 0 Å². The highest BCUT2D eigenvalue weighted by atomic mass is 32.2. The fraction of sp³-hybridized carbons (Fsp3) is 1.00. The van der Waals surface area contributed by atoms with Crippen LogP contribution in [0.2, 0.25) is 0 Å². The maximum atomic E-state index is 2.55. The second-order valence-electron chi connectivity index (χ2n) is 5.01. The third kappa shape index (κ3) is 2.09. The lowest BCUT2D eigenvalue weighted by Gasteiger charge is -2.32. The van der Waals surface area contributed by atoms with Crippen LogP contribution in [0.25, 0.3) is 0 Å². The highest BCUT2D eigenvalue weighted by molar-refractivity contribution is 8.21. The Bertz CT molecular complexity index is 243. The summed E-state index contributed by atoms with van der Waals surface area (Å²) < 4.78 is 1.54. The summed E-state index contributed by atoms with van der Waals surface area (Å²) in [6, 6.07) is 0. The van der Waals surface area contributed by atoms with Crippen molar-refractivity contribution in [2.45, 2.75) is 34.8 Å². The Hall–Kier alpha value is 1.40. The molecule has 0 bridgehead atoms. The van der Waals surface area contributed by atoms with Crippen LogP contribution in [0.5, 0.6) is 0 Å². The monoisotopic (exact) mass is 278 g/mol. The minimum atomic E-state index is 0.635. The lowest BCUT2D eigenvalue weighted by atomic mass is 9.91. The normalized spacial score (nSPS) is 40.6. The summed E-state index contributed by atoms with van der Waals surface area (Å²) in [5.41, 5.74) is 0.635. The number of hydrogen-bond donors (Lipinski definition) is 0. The van der Waals surface area contributed by atoms with Gasteiger partial charge in [0, 0.05) is 23.0 Å². The van der Waals surface area contributed by atoms with Crippen molar-refractivity contribution in [3.8, 4) is 0 Å². The summed E-state index contributed by atoms with van der Waals surface area (Å²) >= 11 is 8.97. The van der Waals surface area contributed by atoms with Gasteiger partial charge in [0.25, 0.3) is 0 Å². The zero-order chi connectivity index (χ0) is 10.4. The molecule has 15 heavy (non-hydrogen) atoms. The van der Waals surface area contributed by atoms with Crippen LogP contribution in [0.15, 0.2) is 0 Å². The van der Waals surface area contributed by atoms with Crippen LogP contribution in [0, 0.1) is 5.41 Å². The van der Waals surface area contributed by atoms with Crippen molar-refractivity contribution in [1.82, 2.24) is 0 Å². The van der Waals surface area contributed by atoms with E-state index in [0.29, 0.717) is 9.49 Å². The topological polar surface area (TPSA) is 0 Å². The van der Waals surface area contributed by atoms with Gasteiger partial charge in [-0.2, -0.15) is 0 Å². The first-order valence-corrected chi connectivity index (χ1v) is 9.81. The van der Waals surface area contributed by atoms with Gasteiger partial charge in [-0.15, -0.1) is 47.0 Å². The molecule has 1 atom stereocenters. The van der Waals surface area contributed by atoms with Gasteiger partial charge in [0.2, 0.25) is 0 Å². The van der Waals surface area contributed by atoms with Crippen LogP contribution >= 0.6 is 47.0 Å². The molecule has 1 saturated carbocycles. The van der Waals surface area contributed by atoms with Crippen molar-refractivity contribution in [2.24, 2.45) is 5.41 Å². The predicted octanol–water partition coefficient (Wildman–Crippen LogP) is 4.16. The number of hydrogen-bond acceptors (Lipinski definition) is 4. The Kier molecular flexibility index (Phi) is 3.26. The summed E-state index contributed by atoms with van der Waals surface area (Å²) in [7, 11) is 0. The van der Waals surface area contributed by atoms with Crippen LogP contribution < -0.4 is 0 Å². The molecule has 4 heteroatoms. The summed E-state index contributed by atoms with van der Waals surface area (Å²) in [6.07, 6.45) is 4.41. The van der Waals surface area contributed by atoms with E-state index in [1.54, 1.807) is 0 Å². The van der Waals surface area contributed by atoms with Crippen molar-refractivity contribution in [3.05, 3.63) is 0 Å². The highest BCUT2D eigenvalue weighted by Crippen LogP contribution is 2.64. The van der Waals surface area contributed by atoms with Crippen molar-refractivity contribution in [3.63, 3.8) is 0 Å². The largest absolute Gasteiger partial charge is 0.146 e. The van der Waals surface area contributed by atoms with Crippen LogP contribution in [-0.4, -0.2) is 31.7 Å². The van der Waals surface area contributed by atoms with Crippen LogP contribution in [-0.2, 0) is 0 Å². The zero-order valence-corrected chi connectivity index (χ0v) is 12.4. The fourth-order valence-corrected chi connectivity index (χ4v) is 9.94. The average Bonchev–Trinajstić information content (AvgIpc) is 2.91. The second kappa shape index (κ2) is 4.25. The highest BCUT2D eigenvalue weighted by Gasteiger charge is 2.52. The molecule has 86 valence electrons. The minimum absolute atomic E-state index is 0.635. The maximum Gasteiger partial charge on any atom is 0.0617 e. The molecule has 1 spiro atoms. The van der Waals surface area contributed by atoms with Crippen LogP contribution in [0.4, 0.5) is 0 Å². The van der Waals surface area contributed by atoms with E-state index in [1.165, 1.54) is 42.3 Å². The Labute approximate surface area is 110 Å². The molecule has 0 aromatic rings. The first kappa shape index (κ1) is 11.5. The quantitative estimate of drug-likeness (QED) is 0.706. The minimum Gasteiger partial charge on any atom is -0.146 e. The summed E-state index contributed by atoms with van der Waals surface area (Å²) in [6.45, 7) is 2.55. The van der Waals surface area contributed by atoms with E-state index in [0.717, 1.165) is 4.58 Å². The van der Waals surface area contributed by atoms with Crippen molar-refractivity contribution >= 4 is 47.0 Å². The second-order valence-corrected chi connectivity index (χ2v) is 11.0. The molecule has 0 radical (unpaired) electrons. The van der Waals surface area contributed by atoms with E-state index in [-0.39, 0.29) is 0 Å². The van der Waals surface area contributed by atoms with E-state index in [9.17, 15) is 0 Å². The van der Waals surface area contributed by atoms with Gasteiger partial charge in [0.05, 0.1) is 8.66 Å². The summed E-state index contributed by atoms with van der Waals surface area (Å²) in [5, 5.41) is 0. The Morgan fingerprint density at radius 3 is 2.27 bits per heavy atom. The van der Waals surface area contributed by atoms with Gasteiger partial charge in [-0.25, -0.2) is 0 Å². The Morgan fingerprint density at radius 2 is 1.60 bits per heavy atom.